The Morgan fingerprint density at radius 2 is 1.20 bits per heavy atom. The van der Waals surface area contributed by atoms with Crippen LogP contribution in [0.4, 0.5) is 0 Å². The van der Waals surface area contributed by atoms with Crippen LogP contribution < -0.4 is 0 Å². The van der Waals surface area contributed by atoms with Gasteiger partial charge in [-0.05, 0) is 0 Å². The Labute approximate surface area is 57.1 Å². The lowest BCUT2D eigenvalue weighted by Gasteiger charge is -1.90. The van der Waals surface area contributed by atoms with Gasteiger partial charge in [-0.3, -0.25) is 9.59 Å². The summed E-state index contributed by atoms with van der Waals surface area (Å²) < 4.78 is 0. The van der Waals surface area contributed by atoms with Crippen molar-refractivity contribution in [3.05, 3.63) is 23.7 Å². The topological polar surface area (TPSA) is 74.6 Å². The molecule has 0 rings (SSSR count). The van der Waals surface area contributed by atoms with Crippen molar-refractivity contribution in [1.29, 1.82) is 0 Å². The summed E-state index contributed by atoms with van der Waals surface area (Å²) in [4.78, 5) is 19.9. The van der Waals surface area contributed by atoms with E-state index in [9.17, 15) is 9.59 Å². The van der Waals surface area contributed by atoms with E-state index in [4.69, 9.17) is 10.2 Å². The second-order valence-electron chi connectivity index (χ2n) is 1.40. The molecule has 0 aliphatic heterocycles. The highest BCUT2D eigenvalue weighted by Crippen LogP contribution is 2.00. The first-order valence-corrected chi connectivity index (χ1v) is 2.39. The van der Waals surface area contributed by atoms with Crippen molar-refractivity contribution in [2.45, 2.75) is 0 Å². The largest absolute Gasteiger partial charge is 0.515 e. The quantitative estimate of drug-likeness (QED) is 0.256. The zero-order valence-electron chi connectivity index (χ0n) is 5.02. The molecule has 0 spiro atoms. The van der Waals surface area contributed by atoms with Crippen LogP contribution in [0.5, 0.6) is 0 Å². The maximum atomic E-state index is 9.96. The van der Waals surface area contributed by atoms with E-state index >= 15 is 0 Å². The Balaban J connectivity index is 4.58. The highest BCUT2D eigenvalue weighted by molar-refractivity contribution is 5.93. The van der Waals surface area contributed by atoms with Crippen molar-refractivity contribution in [2.24, 2.45) is 0 Å². The summed E-state index contributed by atoms with van der Waals surface area (Å²) in [5.41, 5.74) is -0.505. The molecule has 54 valence electrons. The molecular formula is C6H6O4. The van der Waals surface area contributed by atoms with Crippen LogP contribution in [0, 0.1) is 0 Å². The molecule has 0 heterocycles. The third-order valence-electron chi connectivity index (χ3n) is 0.865. The lowest BCUT2D eigenvalue weighted by molar-refractivity contribution is -0.107. The summed E-state index contributed by atoms with van der Waals surface area (Å²) in [5.74, 6) is 0. The number of aldehydes is 2. The molecule has 0 bridgehead atoms. The lowest BCUT2D eigenvalue weighted by atomic mass is 10.2. The first-order valence-electron chi connectivity index (χ1n) is 2.39. The summed E-state index contributed by atoms with van der Waals surface area (Å²) in [6, 6.07) is 0. The van der Waals surface area contributed by atoms with E-state index in [1.54, 1.807) is 0 Å². The molecule has 4 nitrogen and oxygen atoms in total. The monoisotopic (exact) mass is 142 g/mol. The summed E-state index contributed by atoms with van der Waals surface area (Å²) in [7, 11) is 0. The molecule has 0 radical (unpaired) electrons. The van der Waals surface area contributed by atoms with Gasteiger partial charge in [-0.25, -0.2) is 0 Å². The fourth-order valence-corrected chi connectivity index (χ4v) is 0.346. The van der Waals surface area contributed by atoms with Crippen molar-refractivity contribution in [2.75, 3.05) is 0 Å². The van der Waals surface area contributed by atoms with Crippen molar-refractivity contribution >= 4 is 12.6 Å². The van der Waals surface area contributed by atoms with Crippen molar-refractivity contribution in [1.82, 2.24) is 0 Å². The normalized spacial score (nSPS) is 12.8. The summed E-state index contributed by atoms with van der Waals surface area (Å²) in [5, 5.41) is 16.5. The van der Waals surface area contributed by atoms with Gasteiger partial charge in [0.25, 0.3) is 0 Å². The average Bonchev–Trinajstić information content (AvgIpc) is 2.00. The highest BCUT2D eigenvalue weighted by atomic mass is 16.2. The molecule has 0 aromatic rings. The summed E-state index contributed by atoms with van der Waals surface area (Å²) >= 11 is 0. The molecule has 2 N–H and O–H groups in total. The number of hydrogen-bond donors (Lipinski definition) is 2. The first-order chi connectivity index (χ1) is 4.79. The first kappa shape index (κ1) is 8.42. The molecule has 0 aromatic heterocycles. The fraction of sp³-hybridized carbons (Fsp3) is 0. The molecule has 0 fully saturated rings. The molecule has 4 heteroatoms. The minimum atomic E-state index is -0.252. The van der Waals surface area contributed by atoms with Crippen molar-refractivity contribution in [3.8, 4) is 0 Å². The van der Waals surface area contributed by atoms with Crippen molar-refractivity contribution < 1.29 is 19.8 Å². The van der Waals surface area contributed by atoms with Crippen LogP contribution >= 0.6 is 0 Å². The Morgan fingerprint density at radius 1 is 0.900 bits per heavy atom. The molecule has 10 heavy (non-hydrogen) atoms. The van der Waals surface area contributed by atoms with Gasteiger partial charge in [0.15, 0.2) is 12.6 Å². The van der Waals surface area contributed by atoms with E-state index in [0.717, 1.165) is 0 Å². The highest BCUT2D eigenvalue weighted by Gasteiger charge is 2.01. The molecule has 0 saturated carbocycles. The number of aliphatic hydroxyl groups is 2. The Bertz CT molecular complexity index is 168. The number of carbonyl (C=O) groups excluding carboxylic acids is 2. The number of hydrogen-bond acceptors (Lipinski definition) is 4. The standard InChI is InChI=1S/C6H6O4/c7-1-5(2-8)6(3-9)4-10/h1-4,7,9H/b5-1-,6-3+. The van der Waals surface area contributed by atoms with E-state index < -0.39 is 0 Å². The summed E-state index contributed by atoms with van der Waals surface area (Å²) in [6.07, 6.45) is 1.42. The van der Waals surface area contributed by atoms with Crippen LogP contribution in [0.15, 0.2) is 23.7 Å². The van der Waals surface area contributed by atoms with Gasteiger partial charge in [0.2, 0.25) is 0 Å². The third kappa shape index (κ3) is 1.74. The second-order valence-corrected chi connectivity index (χ2v) is 1.40. The van der Waals surface area contributed by atoms with Crippen LogP contribution in [-0.2, 0) is 9.59 Å². The zero-order chi connectivity index (χ0) is 7.98. The van der Waals surface area contributed by atoms with Crippen LogP contribution in [-0.4, -0.2) is 22.8 Å². The number of rotatable bonds is 3. The number of carbonyl (C=O) groups is 2. The third-order valence-corrected chi connectivity index (χ3v) is 0.865. The van der Waals surface area contributed by atoms with E-state index in [2.05, 4.69) is 0 Å². The number of aliphatic hydroxyl groups excluding tert-OH is 2. The van der Waals surface area contributed by atoms with Gasteiger partial charge in [0.1, 0.15) is 0 Å². The SMILES string of the molecule is O=CC(=C\O)/C(C=O)=C\O. The molecule has 0 unspecified atom stereocenters. The van der Waals surface area contributed by atoms with Crippen LogP contribution in [0.2, 0.25) is 0 Å². The summed E-state index contributed by atoms with van der Waals surface area (Å²) in [6.45, 7) is 0. The molecule has 0 aromatic carbocycles. The van der Waals surface area contributed by atoms with Gasteiger partial charge < -0.3 is 10.2 Å². The van der Waals surface area contributed by atoms with Gasteiger partial charge >= 0.3 is 0 Å². The zero-order valence-corrected chi connectivity index (χ0v) is 5.02. The van der Waals surface area contributed by atoms with Gasteiger partial charge in [0, 0.05) is 0 Å². The Kier molecular flexibility index (Phi) is 3.63. The van der Waals surface area contributed by atoms with E-state index in [0.29, 0.717) is 12.5 Å². The molecule has 0 aliphatic carbocycles. The second kappa shape index (κ2) is 4.31. The fourth-order valence-electron chi connectivity index (χ4n) is 0.346. The maximum Gasteiger partial charge on any atom is 0.153 e. The van der Waals surface area contributed by atoms with Crippen LogP contribution in [0.1, 0.15) is 0 Å². The van der Waals surface area contributed by atoms with Gasteiger partial charge in [-0.2, -0.15) is 0 Å². The van der Waals surface area contributed by atoms with Gasteiger partial charge in [0.05, 0.1) is 23.7 Å². The molecular weight excluding hydrogens is 136 g/mol. The van der Waals surface area contributed by atoms with Crippen molar-refractivity contribution in [3.63, 3.8) is 0 Å². The van der Waals surface area contributed by atoms with Crippen LogP contribution in [0.3, 0.4) is 0 Å². The minimum absolute atomic E-state index is 0.252. The maximum absolute atomic E-state index is 9.96. The molecule has 0 atom stereocenters. The predicted octanol–water partition coefficient (Wildman–Crippen LogP) is 0.268. The van der Waals surface area contributed by atoms with Gasteiger partial charge in [-0.1, -0.05) is 0 Å². The lowest BCUT2D eigenvalue weighted by Crippen LogP contribution is -1.92. The van der Waals surface area contributed by atoms with Gasteiger partial charge in [-0.15, -0.1) is 0 Å². The Morgan fingerprint density at radius 3 is 1.30 bits per heavy atom. The molecule has 0 saturated heterocycles. The Hall–Kier alpha value is -1.58. The van der Waals surface area contributed by atoms with E-state index in [-0.39, 0.29) is 23.7 Å². The number of allylic oxidation sites excluding steroid dienone is 2. The minimum Gasteiger partial charge on any atom is -0.515 e. The molecule has 0 amide bonds. The van der Waals surface area contributed by atoms with E-state index in [1.807, 2.05) is 0 Å². The smallest absolute Gasteiger partial charge is 0.153 e. The van der Waals surface area contributed by atoms with E-state index in [1.165, 1.54) is 0 Å². The molecule has 0 aliphatic rings. The average molecular weight is 142 g/mol. The van der Waals surface area contributed by atoms with Crippen LogP contribution in [0.25, 0.3) is 0 Å². The predicted molar refractivity (Wildman–Crippen MR) is 33.6 cm³/mol.